The first-order valence-electron chi connectivity index (χ1n) is 6.02. The van der Waals surface area contributed by atoms with E-state index in [0.717, 1.165) is 0 Å². The SMILES string of the molecule is NCc1ccc2c(c1O)C(=O)c1c(O)cccc1C2=O. The topological polar surface area (TPSA) is 101 Å². The van der Waals surface area contributed by atoms with Crippen LogP contribution < -0.4 is 5.73 Å². The molecule has 0 radical (unpaired) electrons. The molecule has 0 unspecified atom stereocenters. The summed E-state index contributed by atoms with van der Waals surface area (Å²) in [6.45, 7) is 0.0498. The molecule has 0 heterocycles. The highest BCUT2D eigenvalue weighted by Gasteiger charge is 2.34. The number of fused-ring (bicyclic) bond motifs is 2. The second-order valence-corrected chi connectivity index (χ2v) is 4.56. The van der Waals surface area contributed by atoms with Gasteiger partial charge in [0.15, 0.2) is 5.78 Å². The second kappa shape index (κ2) is 4.18. The van der Waals surface area contributed by atoms with Crippen LogP contribution in [0.3, 0.4) is 0 Å². The van der Waals surface area contributed by atoms with Gasteiger partial charge in [-0.05, 0) is 12.1 Å². The van der Waals surface area contributed by atoms with Crippen LogP contribution in [0.15, 0.2) is 30.3 Å². The molecule has 2 aromatic carbocycles. The molecule has 0 spiro atoms. The van der Waals surface area contributed by atoms with Gasteiger partial charge in [0.25, 0.3) is 0 Å². The summed E-state index contributed by atoms with van der Waals surface area (Å²) >= 11 is 0. The molecule has 0 saturated carbocycles. The number of carbonyl (C=O) groups is 2. The Morgan fingerprint density at radius 1 is 0.900 bits per heavy atom. The standard InChI is InChI=1S/C15H11NO4/c16-6-7-4-5-9-12(13(7)18)15(20)11-8(14(9)19)2-1-3-10(11)17/h1-5,17-18H,6,16H2. The number of hydrogen-bond acceptors (Lipinski definition) is 5. The molecule has 0 bridgehead atoms. The molecule has 0 amide bonds. The van der Waals surface area contributed by atoms with E-state index in [-0.39, 0.29) is 40.3 Å². The van der Waals surface area contributed by atoms with E-state index in [0.29, 0.717) is 5.56 Å². The minimum Gasteiger partial charge on any atom is -0.507 e. The number of benzene rings is 2. The number of phenols is 2. The lowest BCUT2D eigenvalue weighted by molar-refractivity contribution is 0.0974. The maximum Gasteiger partial charge on any atom is 0.201 e. The number of nitrogens with two attached hydrogens (primary N) is 1. The fourth-order valence-electron chi connectivity index (χ4n) is 2.46. The third-order valence-electron chi connectivity index (χ3n) is 3.47. The molecule has 0 fully saturated rings. The Balaban J connectivity index is 2.36. The number of rotatable bonds is 1. The summed E-state index contributed by atoms with van der Waals surface area (Å²) in [5.41, 5.74) is 5.96. The number of ketones is 2. The molecule has 2 aromatic rings. The van der Waals surface area contributed by atoms with Crippen LogP contribution in [-0.2, 0) is 6.54 Å². The average Bonchev–Trinajstić information content (AvgIpc) is 2.44. The van der Waals surface area contributed by atoms with Crippen molar-refractivity contribution in [2.24, 2.45) is 5.73 Å². The molecule has 20 heavy (non-hydrogen) atoms. The van der Waals surface area contributed by atoms with Crippen LogP contribution in [0.1, 0.15) is 37.4 Å². The first kappa shape index (κ1) is 12.4. The predicted octanol–water partition coefficient (Wildman–Crippen LogP) is 1.33. The largest absolute Gasteiger partial charge is 0.507 e. The molecule has 3 rings (SSSR count). The highest BCUT2D eigenvalue weighted by atomic mass is 16.3. The van der Waals surface area contributed by atoms with Crippen LogP contribution in [0.5, 0.6) is 11.5 Å². The summed E-state index contributed by atoms with van der Waals surface area (Å²) in [6.07, 6.45) is 0. The van der Waals surface area contributed by atoms with Crippen molar-refractivity contribution in [3.63, 3.8) is 0 Å². The van der Waals surface area contributed by atoms with Gasteiger partial charge in [0.1, 0.15) is 11.5 Å². The molecular weight excluding hydrogens is 258 g/mol. The van der Waals surface area contributed by atoms with Gasteiger partial charge in [-0.25, -0.2) is 0 Å². The highest BCUT2D eigenvalue weighted by Crippen LogP contribution is 2.37. The third kappa shape index (κ3) is 1.47. The van der Waals surface area contributed by atoms with Gasteiger partial charge in [-0.3, -0.25) is 9.59 Å². The summed E-state index contributed by atoms with van der Waals surface area (Å²) in [5.74, 6) is -1.54. The fraction of sp³-hybridized carbons (Fsp3) is 0.0667. The predicted molar refractivity (Wildman–Crippen MR) is 71.0 cm³/mol. The maximum atomic E-state index is 12.5. The zero-order valence-corrected chi connectivity index (χ0v) is 10.4. The lowest BCUT2D eigenvalue weighted by atomic mass is 9.82. The number of hydrogen-bond donors (Lipinski definition) is 3. The summed E-state index contributed by atoms with van der Waals surface area (Å²) in [6, 6.07) is 7.31. The Morgan fingerprint density at radius 3 is 2.30 bits per heavy atom. The second-order valence-electron chi connectivity index (χ2n) is 4.56. The van der Waals surface area contributed by atoms with Gasteiger partial charge >= 0.3 is 0 Å². The Bertz CT molecular complexity index is 765. The van der Waals surface area contributed by atoms with Crippen LogP contribution >= 0.6 is 0 Å². The van der Waals surface area contributed by atoms with Crippen molar-refractivity contribution < 1.29 is 19.8 Å². The summed E-state index contributed by atoms with van der Waals surface area (Å²) < 4.78 is 0. The number of aromatic hydroxyl groups is 2. The van der Waals surface area contributed by atoms with Gasteiger partial charge in [0.2, 0.25) is 5.78 Å². The molecule has 1 aliphatic rings. The maximum absolute atomic E-state index is 12.5. The lowest BCUT2D eigenvalue weighted by Gasteiger charge is -2.20. The van der Waals surface area contributed by atoms with Crippen molar-refractivity contribution in [1.82, 2.24) is 0 Å². The van der Waals surface area contributed by atoms with E-state index >= 15 is 0 Å². The van der Waals surface area contributed by atoms with E-state index in [2.05, 4.69) is 0 Å². The Labute approximate surface area is 114 Å². The quantitative estimate of drug-likeness (QED) is 0.618. The van der Waals surface area contributed by atoms with Crippen LogP contribution in [0, 0.1) is 0 Å². The Hall–Kier alpha value is -2.66. The minimum atomic E-state index is -0.569. The summed E-state index contributed by atoms with van der Waals surface area (Å²) in [5, 5.41) is 19.9. The third-order valence-corrected chi connectivity index (χ3v) is 3.47. The van der Waals surface area contributed by atoms with Crippen LogP contribution in [0.4, 0.5) is 0 Å². The van der Waals surface area contributed by atoms with Crippen LogP contribution in [0.2, 0.25) is 0 Å². The fourth-order valence-corrected chi connectivity index (χ4v) is 2.46. The molecular formula is C15H11NO4. The first-order valence-corrected chi connectivity index (χ1v) is 6.02. The van der Waals surface area contributed by atoms with Crippen LogP contribution in [0.25, 0.3) is 0 Å². The zero-order chi connectivity index (χ0) is 14.4. The Kier molecular flexibility index (Phi) is 2.59. The number of phenolic OH excluding ortho intramolecular Hbond substituents is 2. The van der Waals surface area contributed by atoms with E-state index in [1.807, 2.05) is 0 Å². The van der Waals surface area contributed by atoms with E-state index in [9.17, 15) is 19.8 Å². The van der Waals surface area contributed by atoms with Crippen molar-refractivity contribution >= 4 is 11.6 Å². The van der Waals surface area contributed by atoms with Crippen molar-refractivity contribution in [3.8, 4) is 11.5 Å². The normalized spacial score (nSPS) is 13.1. The minimum absolute atomic E-state index is 0.0498. The van der Waals surface area contributed by atoms with E-state index in [1.54, 1.807) is 0 Å². The van der Waals surface area contributed by atoms with Gasteiger partial charge < -0.3 is 15.9 Å². The van der Waals surface area contributed by atoms with Crippen molar-refractivity contribution in [2.75, 3.05) is 0 Å². The average molecular weight is 269 g/mol. The van der Waals surface area contributed by atoms with Crippen molar-refractivity contribution in [2.45, 2.75) is 6.54 Å². The molecule has 4 N–H and O–H groups in total. The molecule has 5 heteroatoms. The number of carbonyl (C=O) groups excluding carboxylic acids is 2. The van der Waals surface area contributed by atoms with Gasteiger partial charge in [0, 0.05) is 23.2 Å². The smallest absolute Gasteiger partial charge is 0.201 e. The highest BCUT2D eigenvalue weighted by molar-refractivity contribution is 6.30. The zero-order valence-electron chi connectivity index (χ0n) is 10.4. The van der Waals surface area contributed by atoms with E-state index in [4.69, 9.17) is 5.73 Å². The van der Waals surface area contributed by atoms with E-state index in [1.165, 1.54) is 30.3 Å². The summed E-state index contributed by atoms with van der Waals surface area (Å²) in [4.78, 5) is 24.8. The monoisotopic (exact) mass is 269 g/mol. The molecule has 5 nitrogen and oxygen atoms in total. The van der Waals surface area contributed by atoms with Gasteiger partial charge in [-0.2, -0.15) is 0 Å². The van der Waals surface area contributed by atoms with Crippen molar-refractivity contribution in [3.05, 3.63) is 58.1 Å². The molecule has 100 valence electrons. The van der Waals surface area contributed by atoms with E-state index < -0.39 is 11.6 Å². The van der Waals surface area contributed by atoms with Gasteiger partial charge in [-0.15, -0.1) is 0 Å². The lowest BCUT2D eigenvalue weighted by Crippen LogP contribution is -2.21. The molecule has 0 atom stereocenters. The first-order chi connectivity index (χ1) is 9.56. The molecule has 1 aliphatic carbocycles. The molecule has 0 aliphatic heterocycles. The summed E-state index contributed by atoms with van der Waals surface area (Å²) in [7, 11) is 0. The molecule has 0 aromatic heterocycles. The van der Waals surface area contributed by atoms with Gasteiger partial charge in [0.05, 0.1) is 11.1 Å². The molecule has 0 saturated heterocycles. The Morgan fingerprint density at radius 2 is 1.60 bits per heavy atom. The van der Waals surface area contributed by atoms with Crippen LogP contribution in [-0.4, -0.2) is 21.8 Å². The van der Waals surface area contributed by atoms with Crippen molar-refractivity contribution in [1.29, 1.82) is 0 Å². The van der Waals surface area contributed by atoms with Gasteiger partial charge in [-0.1, -0.05) is 18.2 Å².